The summed E-state index contributed by atoms with van der Waals surface area (Å²) in [4.78, 5) is 2.33. The summed E-state index contributed by atoms with van der Waals surface area (Å²) in [5, 5.41) is 17.0. The molecule has 96 valence electrons. The molecule has 2 heterocycles. The van der Waals surface area contributed by atoms with Crippen molar-refractivity contribution in [3.8, 4) is 0 Å². The summed E-state index contributed by atoms with van der Waals surface area (Å²) in [6, 6.07) is 8.30. The molecule has 3 nitrogen and oxygen atoms in total. The van der Waals surface area contributed by atoms with E-state index < -0.39 is 0 Å². The molecule has 0 saturated carbocycles. The van der Waals surface area contributed by atoms with Crippen LogP contribution in [0.3, 0.4) is 0 Å². The van der Waals surface area contributed by atoms with Crippen LogP contribution < -0.4 is 5.32 Å². The van der Waals surface area contributed by atoms with Crippen LogP contribution >= 0.6 is 11.3 Å². The van der Waals surface area contributed by atoms with Crippen molar-refractivity contribution >= 4 is 21.4 Å². The molecule has 0 bridgehead atoms. The zero-order valence-electron chi connectivity index (χ0n) is 10.3. The SMILES string of the molecule is OC(CN1CCNCC1)c1csc2ccccc12. The fourth-order valence-electron chi connectivity index (χ4n) is 2.49. The second kappa shape index (κ2) is 5.36. The van der Waals surface area contributed by atoms with Crippen molar-refractivity contribution in [3.63, 3.8) is 0 Å². The van der Waals surface area contributed by atoms with Crippen molar-refractivity contribution < 1.29 is 5.11 Å². The van der Waals surface area contributed by atoms with Gasteiger partial charge < -0.3 is 10.4 Å². The molecule has 1 aliphatic heterocycles. The molecule has 1 aromatic heterocycles. The highest BCUT2D eigenvalue weighted by atomic mass is 32.1. The molecular formula is C14H18N2OS. The average Bonchev–Trinajstić information content (AvgIpc) is 2.84. The maximum absolute atomic E-state index is 10.4. The van der Waals surface area contributed by atoms with E-state index in [4.69, 9.17) is 0 Å². The summed E-state index contributed by atoms with van der Waals surface area (Å²) < 4.78 is 1.26. The number of hydrogen-bond acceptors (Lipinski definition) is 4. The number of aliphatic hydroxyl groups excluding tert-OH is 1. The van der Waals surface area contributed by atoms with Gasteiger partial charge in [0, 0.05) is 43.0 Å². The van der Waals surface area contributed by atoms with Gasteiger partial charge in [-0.05, 0) is 16.8 Å². The lowest BCUT2D eigenvalue weighted by molar-refractivity contribution is 0.107. The lowest BCUT2D eigenvalue weighted by atomic mass is 10.1. The fourth-order valence-corrected chi connectivity index (χ4v) is 3.50. The zero-order chi connectivity index (χ0) is 12.4. The highest BCUT2D eigenvalue weighted by molar-refractivity contribution is 7.17. The second-order valence-electron chi connectivity index (χ2n) is 4.75. The molecule has 3 rings (SSSR count). The Morgan fingerprint density at radius 1 is 1.28 bits per heavy atom. The molecule has 1 fully saturated rings. The van der Waals surface area contributed by atoms with Gasteiger partial charge in [0.2, 0.25) is 0 Å². The number of nitrogens with one attached hydrogen (secondary N) is 1. The third-order valence-corrected chi connectivity index (χ3v) is 4.49. The maximum Gasteiger partial charge on any atom is 0.0930 e. The van der Waals surface area contributed by atoms with Crippen LogP contribution in [0.15, 0.2) is 29.6 Å². The first-order valence-electron chi connectivity index (χ1n) is 6.42. The van der Waals surface area contributed by atoms with Gasteiger partial charge in [-0.2, -0.15) is 0 Å². The number of β-amino-alcohol motifs (C(OH)–C–C–N with tert-alkyl or cyclic N) is 1. The fraction of sp³-hybridized carbons (Fsp3) is 0.429. The number of hydrogen-bond donors (Lipinski definition) is 2. The number of nitrogens with zero attached hydrogens (tertiary/aromatic N) is 1. The van der Waals surface area contributed by atoms with Gasteiger partial charge in [-0.3, -0.25) is 4.90 Å². The molecule has 2 N–H and O–H groups in total. The Kier molecular flexibility index (Phi) is 3.61. The van der Waals surface area contributed by atoms with E-state index in [1.54, 1.807) is 11.3 Å². The Hall–Kier alpha value is -0.940. The first kappa shape index (κ1) is 12.1. The molecule has 1 saturated heterocycles. The predicted octanol–water partition coefficient (Wildman–Crippen LogP) is 1.84. The van der Waals surface area contributed by atoms with Crippen LogP contribution in [-0.4, -0.2) is 42.7 Å². The quantitative estimate of drug-likeness (QED) is 0.886. The molecule has 2 aromatic rings. The van der Waals surface area contributed by atoms with E-state index in [2.05, 4.69) is 27.7 Å². The van der Waals surface area contributed by atoms with Gasteiger partial charge in [-0.1, -0.05) is 18.2 Å². The lowest BCUT2D eigenvalue weighted by Gasteiger charge is -2.29. The van der Waals surface area contributed by atoms with E-state index in [0.717, 1.165) is 38.3 Å². The van der Waals surface area contributed by atoms with Gasteiger partial charge in [-0.15, -0.1) is 11.3 Å². The minimum atomic E-state index is -0.376. The lowest BCUT2D eigenvalue weighted by Crippen LogP contribution is -2.44. The molecular weight excluding hydrogens is 244 g/mol. The van der Waals surface area contributed by atoms with Crippen molar-refractivity contribution in [3.05, 3.63) is 35.2 Å². The van der Waals surface area contributed by atoms with E-state index in [-0.39, 0.29) is 6.10 Å². The second-order valence-corrected chi connectivity index (χ2v) is 5.66. The number of piperazine rings is 1. The van der Waals surface area contributed by atoms with Crippen LogP contribution in [0, 0.1) is 0 Å². The zero-order valence-corrected chi connectivity index (χ0v) is 11.1. The molecule has 0 amide bonds. The summed E-state index contributed by atoms with van der Waals surface area (Å²) in [6.45, 7) is 4.84. The Morgan fingerprint density at radius 3 is 2.89 bits per heavy atom. The van der Waals surface area contributed by atoms with Crippen LogP contribution in [0.4, 0.5) is 0 Å². The summed E-state index contributed by atoms with van der Waals surface area (Å²) in [7, 11) is 0. The largest absolute Gasteiger partial charge is 0.387 e. The van der Waals surface area contributed by atoms with Gasteiger partial charge in [0.05, 0.1) is 6.10 Å². The van der Waals surface area contributed by atoms with E-state index in [9.17, 15) is 5.11 Å². The molecule has 1 atom stereocenters. The highest BCUT2D eigenvalue weighted by Crippen LogP contribution is 2.30. The molecule has 1 unspecified atom stereocenters. The number of fused-ring (bicyclic) bond motifs is 1. The van der Waals surface area contributed by atoms with Gasteiger partial charge >= 0.3 is 0 Å². The van der Waals surface area contributed by atoms with Crippen LogP contribution in [0.5, 0.6) is 0 Å². The summed E-state index contributed by atoms with van der Waals surface area (Å²) >= 11 is 1.71. The van der Waals surface area contributed by atoms with E-state index in [1.807, 2.05) is 12.1 Å². The Labute approximate surface area is 111 Å². The monoisotopic (exact) mass is 262 g/mol. The average molecular weight is 262 g/mol. The summed E-state index contributed by atoms with van der Waals surface area (Å²) in [5.41, 5.74) is 1.08. The first-order valence-corrected chi connectivity index (χ1v) is 7.30. The molecule has 1 aromatic carbocycles. The van der Waals surface area contributed by atoms with Crippen LogP contribution in [0.2, 0.25) is 0 Å². The first-order chi connectivity index (χ1) is 8.84. The van der Waals surface area contributed by atoms with Gasteiger partial charge in [0.25, 0.3) is 0 Å². The van der Waals surface area contributed by atoms with Crippen LogP contribution in [-0.2, 0) is 0 Å². The van der Waals surface area contributed by atoms with E-state index in [1.165, 1.54) is 10.1 Å². The number of rotatable bonds is 3. The molecule has 1 aliphatic rings. The van der Waals surface area contributed by atoms with Crippen molar-refractivity contribution in [2.45, 2.75) is 6.10 Å². The molecule has 0 spiro atoms. The minimum absolute atomic E-state index is 0.376. The predicted molar refractivity (Wildman–Crippen MR) is 76.1 cm³/mol. The highest BCUT2D eigenvalue weighted by Gasteiger charge is 2.18. The normalized spacial score (nSPS) is 19.2. The third kappa shape index (κ3) is 2.42. The number of benzene rings is 1. The van der Waals surface area contributed by atoms with Gasteiger partial charge in [0.1, 0.15) is 0 Å². The Balaban J connectivity index is 1.76. The molecule has 0 aliphatic carbocycles. The van der Waals surface area contributed by atoms with E-state index in [0.29, 0.717) is 0 Å². The molecule has 18 heavy (non-hydrogen) atoms. The standard InChI is InChI=1S/C14H18N2OS/c17-13(9-16-7-5-15-6-8-16)12-10-18-14-4-2-1-3-11(12)14/h1-4,10,13,15,17H,5-9H2. The van der Waals surface area contributed by atoms with Crippen molar-refractivity contribution in [2.24, 2.45) is 0 Å². The molecule has 4 heteroatoms. The summed E-state index contributed by atoms with van der Waals surface area (Å²) in [6.07, 6.45) is -0.376. The van der Waals surface area contributed by atoms with Crippen molar-refractivity contribution in [1.29, 1.82) is 0 Å². The van der Waals surface area contributed by atoms with Gasteiger partial charge in [-0.25, -0.2) is 0 Å². The summed E-state index contributed by atoms with van der Waals surface area (Å²) in [5.74, 6) is 0. The maximum atomic E-state index is 10.4. The third-order valence-electron chi connectivity index (χ3n) is 3.51. The number of aliphatic hydroxyl groups is 1. The minimum Gasteiger partial charge on any atom is -0.387 e. The number of thiophene rings is 1. The smallest absolute Gasteiger partial charge is 0.0930 e. The topological polar surface area (TPSA) is 35.5 Å². The van der Waals surface area contributed by atoms with Crippen molar-refractivity contribution in [2.75, 3.05) is 32.7 Å². The molecule has 0 radical (unpaired) electrons. The Morgan fingerprint density at radius 2 is 2.06 bits per heavy atom. The van der Waals surface area contributed by atoms with Crippen molar-refractivity contribution in [1.82, 2.24) is 10.2 Å². The van der Waals surface area contributed by atoms with Crippen LogP contribution in [0.1, 0.15) is 11.7 Å². The van der Waals surface area contributed by atoms with Gasteiger partial charge in [0.15, 0.2) is 0 Å². The Bertz CT molecular complexity index is 519. The van der Waals surface area contributed by atoms with Crippen LogP contribution in [0.25, 0.3) is 10.1 Å². The van der Waals surface area contributed by atoms with E-state index >= 15 is 0 Å².